The van der Waals surface area contributed by atoms with Gasteiger partial charge < -0.3 is 15.0 Å². The Kier molecular flexibility index (Phi) is 8.15. The molecule has 0 saturated carbocycles. The second-order valence-electron chi connectivity index (χ2n) is 11.1. The highest BCUT2D eigenvalue weighted by Gasteiger charge is 2.40. The third-order valence-electron chi connectivity index (χ3n) is 7.07. The van der Waals surface area contributed by atoms with Crippen molar-refractivity contribution in [2.45, 2.75) is 58.4 Å². The molecule has 2 aliphatic heterocycles. The minimum absolute atomic E-state index is 0.0295. The molecule has 1 saturated heterocycles. The number of nitrogens with one attached hydrogen (secondary N) is 1. The summed E-state index contributed by atoms with van der Waals surface area (Å²) in [6, 6.07) is 11.2. The van der Waals surface area contributed by atoms with Crippen molar-refractivity contribution in [3.63, 3.8) is 0 Å². The van der Waals surface area contributed by atoms with Gasteiger partial charge >= 0.3 is 18.3 Å². The van der Waals surface area contributed by atoms with E-state index in [0.29, 0.717) is 37.1 Å². The first-order valence-electron chi connectivity index (χ1n) is 13.2. The molecule has 0 aromatic heterocycles. The highest BCUT2D eigenvalue weighted by Crippen LogP contribution is 2.39. The molecule has 2 aromatic rings. The number of alkyl halides is 3. The van der Waals surface area contributed by atoms with Gasteiger partial charge in [-0.2, -0.15) is 18.4 Å². The fourth-order valence-electron chi connectivity index (χ4n) is 5.07. The number of hydrogen-bond donors (Lipinski definition) is 1. The largest absolute Gasteiger partial charge is 0.444 e. The molecule has 11 heteroatoms. The molecule has 2 aliphatic rings. The van der Waals surface area contributed by atoms with Gasteiger partial charge in [-0.05, 0) is 76.4 Å². The number of benzene rings is 2. The lowest BCUT2D eigenvalue weighted by molar-refractivity contribution is -0.137. The number of ketones is 1. The van der Waals surface area contributed by atoms with Crippen LogP contribution in [0.1, 0.15) is 63.3 Å². The normalized spacial score (nSPS) is 18.6. The summed E-state index contributed by atoms with van der Waals surface area (Å²) in [4.78, 5) is 42.6. The number of likely N-dealkylation sites (tertiary alicyclic amines) is 1. The maximum atomic E-state index is 14.1. The number of anilines is 1. The van der Waals surface area contributed by atoms with Crippen molar-refractivity contribution in [2.24, 2.45) is 5.92 Å². The monoisotopic (exact) mass is 568 g/mol. The fourth-order valence-corrected chi connectivity index (χ4v) is 5.07. The topological polar surface area (TPSA) is 103 Å². The van der Waals surface area contributed by atoms with Gasteiger partial charge in [-0.1, -0.05) is 18.2 Å². The second-order valence-corrected chi connectivity index (χ2v) is 11.1. The maximum absolute atomic E-state index is 14.1. The number of halogens is 3. The van der Waals surface area contributed by atoms with E-state index >= 15 is 0 Å². The number of carbonyl (C=O) groups excluding carboxylic acids is 3. The summed E-state index contributed by atoms with van der Waals surface area (Å²) in [5.74, 6) is -0.754. The zero-order valence-corrected chi connectivity index (χ0v) is 23.2. The Hall–Kier alpha value is -4.33. The number of carbonyl (C=O) groups is 3. The van der Waals surface area contributed by atoms with Crippen LogP contribution in [0.3, 0.4) is 0 Å². The van der Waals surface area contributed by atoms with E-state index in [4.69, 9.17) is 4.74 Å². The highest BCUT2D eigenvalue weighted by atomic mass is 19.4. The van der Waals surface area contributed by atoms with Crippen LogP contribution in [0.5, 0.6) is 0 Å². The molecule has 4 rings (SSSR count). The number of allylic oxidation sites excluding steroid dienone is 1. The molecular formula is C30H31F3N4O4. The zero-order chi connectivity index (χ0) is 30.1. The number of rotatable bonds is 4. The van der Waals surface area contributed by atoms with Crippen molar-refractivity contribution in [1.29, 1.82) is 5.26 Å². The van der Waals surface area contributed by atoms with Crippen molar-refractivity contribution >= 4 is 23.6 Å². The molecule has 2 heterocycles. The van der Waals surface area contributed by atoms with E-state index in [2.05, 4.69) is 5.32 Å². The average Bonchev–Trinajstić information content (AvgIpc) is 2.91. The lowest BCUT2D eigenvalue weighted by atomic mass is 9.82. The van der Waals surface area contributed by atoms with Gasteiger partial charge in [0.25, 0.3) is 0 Å². The molecule has 41 heavy (non-hydrogen) atoms. The minimum Gasteiger partial charge on any atom is -0.444 e. The van der Waals surface area contributed by atoms with Gasteiger partial charge in [-0.3, -0.25) is 9.69 Å². The van der Waals surface area contributed by atoms with E-state index in [-0.39, 0.29) is 22.7 Å². The van der Waals surface area contributed by atoms with Crippen molar-refractivity contribution in [2.75, 3.05) is 18.0 Å². The van der Waals surface area contributed by atoms with Gasteiger partial charge in [0.05, 0.1) is 28.9 Å². The van der Waals surface area contributed by atoms with Crippen LogP contribution in [0.25, 0.3) is 0 Å². The van der Waals surface area contributed by atoms with Gasteiger partial charge in [0.15, 0.2) is 5.78 Å². The third kappa shape index (κ3) is 6.53. The Morgan fingerprint density at radius 2 is 1.68 bits per heavy atom. The van der Waals surface area contributed by atoms with E-state index in [1.54, 1.807) is 56.9 Å². The summed E-state index contributed by atoms with van der Waals surface area (Å²) in [5, 5.41) is 12.0. The average molecular weight is 569 g/mol. The molecule has 1 fully saturated rings. The van der Waals surface area contributed by atoms with Crippen LogP contribution in [0.2, 0.25) is 0 Å². The van der Waals surface area contributed by atoms with Crippen molar-refractivity contribution in [3.8, 4) is 6.07 Å². The number of nitrogens with zero attached hydrogens (tertiary/aromatic N) is 3. The summed E-state index contributed by atoms with van der Waals surface area (Å²) in [6.45, 7) is 7.44. The first kappa shape index (κ1) is 29.6. The number of urea groups is 1. The number of ether oxygens (including phenoxy) is 1. The molecule has 8 nitrogen and oxygen atoms in total. The SMILES string of the molecule is CC1=C(C(=O)C2CCN(C(=O)OC(C)(C)C)CC2)C(c2ccc(C#N)cc2)NC(=O)N1c1cccc(C(F)(F)F)c1. The second kappa shape index (κ2) is 11.3. The summed E-state index contributed by atoms with van der Waals surface area (Å²) in [6.07, 6.45) is -4.38. The number of piperidine rings is 1. The molecular weight excluding hydrogens is 537 g/mol. The predicted molar refractivity (Wildman–Crippen MR) is 145 cm³/mol. The van der Waals surface area contributed by atoms with Crippen LogP contribution in [0, 0.1) is 17.2 Å². The quantitative estimate of drug-likeness (QED) is 0.464. The number of Topliss-reactive ketones (excluding diaryl/α,β-unsaturated/α-hetero) is 1. The third-order valence-corrected chi connectivity index (χ3v) is 7.07. The van der Waals surface area contributed by atoms with Crippen LogP contribution < -0.4 is 10.2 Å². The number of nitriles is 1. The molecule has 1 atom stereocenters. The van der Waals surface area contributed by atoms with E-state index < -0.39 is 41.4 Å². The summed E-state index contributed by atoms with van der Waals surface area (Å²) >= 11 is 0. The Morgan fingerprint density at radius 1 is 1.05 bits per heavy atom. The minimum atomic E-state index is -4.62. The molecule has 1 N–H and O–H groups in total. The molecule has 0 radical (unpaired) electrons. The molecule has 0 aliphatic carbocycles. The van der Waals surface area contributed by atoms with Crippen molar-refractivity contribution in [1.82, 2.24) is 10.2 Å². The number of amides is 3. The van der Waals surface area contributed by atoms with Crippen LogP contribution >= 0.6 is 0 Å². The van der Waals surface area contributed by atoms with Gasteiger partial charge in [0.2, 0.25) is 0 Å². The molecule has 0 spiro atoms. The van der Waals surface area contributed by atoms with Crippen molar-refractivity contribution in [3.05, 3.63) is 76.5 Å². The lowest BCUT2D eigenvalue weighted by Crippen LogP contribution is -2.49. The van der Waals surface area contributed by atoms with Gasteiger partial charge in [0, 0.05) is 30.3 Å². The molecule has 2 aromatic carbocycles. The predicted octanol–water partition coefficient (Wildman–Crippen LogP) is 6.34. The Balaban J connectivity index is 1.70. The summed E-state index contributed by atoms with van der Waals surface area (Å²) < 4.78 is 45.8. The lowest BCUT2D eigenvalue weighted by Gasteiger charge is -2.38. The van der Waals surface area contributed by atoms with Crippen LogP contribution in [-0.4, -0.2) is 41.5 Å². The smallest absolute Gasteiger partial charge is 0.416 e. The van der Waals surface area contributed by atoms with Gasteiger partial charge in [-0.15, -0.1) is 0 Å². The first-order valence-corrected chi connectivity index (χ1v) is 13.2. The standard InChI is InChI=1S/C30H31F3N4O4/c1-18-24(26(38)21-12-14-36(15-13-21)28(40)41-29(2,3)4)25(20-10-8-19(17-34)9-11-20)35-27(39)37(18)23-7-5-6-22(16-23)30(31,32)33/h5-11,16,21,25H,12-15H2,1-4H3,(H,35,39). The van der Waals surface area contributed by atoms with E-state index in [0.717, 1.165) is 17.0 Å². The summed E-state index contributed by atoms with van der Waals surface area (Å²) in [5.41, 5.74) is -0.220. The highest BCUT2D eigenvalue weighted by molar-refractivity contribution is 6.06. The first-order chi connectivity index (χ1) is 19.2. The maximum Gasteiger partial charge on any atom is 0.416 e. The molecule has 3 amide bonds. The Bertz CT molecular complexity index is 1410. The Labute approximate surface area is 236 Å². The molecule has 1 unspecified atom stereocenters. The number of hydrogen-bond acceptors (Lipinski definition) is 5. The fraction of sp³-hybridized carbons (Fsp3) is 0.400. The molecule has 216 valence electrons. The van der Waals surface area contributed by atoms with E-state index in [1.165, 1.54) is 12.1 Å². The Morgan fingerprint density at radius 3 is 2.24 bits per heavy atom. The van der Waals surface area contributed by atoms with Crippen molar-refractivity contribution < 1.29 is 32.3 Å². The van der Waals surface area contributed by atoms with Crippen LogP contribution in [-0.2, 0) is 15.7 Å². The van der Waals surface area contributed by atoms with Crippen LogP contribution in [0.15, 0.2) is 59.8 Å². The van der Waals surface area contributed by atoms with Gasteiger partial charge in [-0.25, -0.2) is 9.59 Å². The zero-order valence-electron chi connectivity index (χ0n) is 23.2. The molecule has 0 bridgehead atoms. The van der Waals surface area contributed by atoms with E-state index in [1.807, 2.05) is 6.07 Å². The summed E-state index contributed by atoms with van der Waals surface area (Å²) in [7, 11) is 0. The van der Waals surface area contributed by atoms with E-state index in [9.17, 15) is 32.8 Å². The van der Waals surface area contributed by atoms with Crippen LogP contribution in [0.4, 0.5) is 28.4 Å². The van der Waals surface area contributed by atoms with Gasteiger partial charge in [0.1, 0.15) is 5.60 Å².